The molecule has 1 amide bonds. The largest absolute Gasteiger partial charge is 0.439 e. The molecule has 0 unspecified atom stereocenters. The van der Waals surface area contributed by atoms with Crippen LogP contribution in [0, 0.1) is 0 Å². The number of aromatic nitrogens is 2. The van der Waals surface area contributed by atoms with E-state index < -0.39 is 0 Å². The van der Waals surface area contributed by atoms with Crippen molar-refractivity contribution in [2.24, 2.45) is 0 Å². The zero-order valence-corrected chi connectivity index (χ0v) is 13.8. The first-order valence-electron chi connectivity index (χ1n) is 7.65. The van der Waals surface area contributed by atoms with Crippen molar-refractivity contribution < 1.29 is 9.53 Å². The monoisotopic (exact) mass is 330 g/mol. The summed E-state index contributed by atoms with van der Waals surface area (Å²) in [5.41, 5.74) is 0.754. The van der Waals surface area contributed by atoms with E-state index in [4.69, 9.17) is 4.74 Å². The van der Waals surface area contributed by atoms with Crippen LogP contribution in [0.1, 0.15) is 12.0 Å². The normalized spacial score (nSPS) is 24.6. The van der Waals surface area contributed by atoms with Gasteiger partial charge in [-0.2, -0.15) is 0 Å². The second kappa shape index (κ2) is 5.58. The molecule has 2 aliphatic heterocycles. The number of carbonyl (C=O) groups is 1. The van der Waals surface area contributed by atoms with Gasteiger partial charge in [0.2, 0.25) is 0 Å². The number of ether oxygens (including phenoxy) is 1. The molecule has 6 nitrogen and oxygen atoms in total. The van der Waals surface area contributed by atoms with Gasteiger partial charge in [0.25, 0.3) is 0 Å². The summed E-state index contributed by atoms with van der Waals surface area (Å²) in [5, 5.41) is 2.02. The molecular weight excluding hydrogens is 312 g/mol. The first-order chi connectivity index (χ1) is 11.1. The third kappa shape index (κ3) is 2.82. The lowest BCUT2D eigenvalue weighted by Gasteiger charge is -2.21. The van der Waals surface area contributed by atoms with Crippen molar-refractivity contribution >= 4 is 17.4 Å². The number of hydrogen-bond donors (Lipinski definition) is 0. The molecule has 0 radical (unpaired) electrons. The smallest absolute Gasteiger partial charge is 0.410 e. The summed E-state index contributed by atoms with van der Waals surface area (Å²) in [6, 6.07) is 4.02. The van der Waals surface area contributed by atoms with Crippen molar-refractivity contribution in [2.45, 2.75) is 18.6 Å². The molecule has 2 aromatic rings. The summed E-state index contributed by atoms with van der Waals surface area (Å²) in [6.45, 7) is 3.16. The Hall–Kier alpha value is -1.99. The summed E-state index contributed by atoms with van der Waals surface area (Å²) < 4.78 is 5.57. The fraction of sp³-hybridized carbons (Fsp3) is 0.438. The highest BCUT2D eigenvalue weighted by Gasteiger charge is 2.48. The van der Waals surface area contributed by atoms with Crippen LogP contribution in [-0.2, 0) is 11.3 Å². The molecular formula is C16H18N4O2S. The lowest BCUT2D eigenvalue weighted by molar-refractivity contribution is 0.0627. The van der Waals surface area contributed by atoms with Gasteiger partial charge in [-0.25, -0.2) is 14.8 Å². The Morgan fingerprint density at radius 1 is 1.35 bits per heavy atom. The van der Waals surface area contributed by atoms with Gasteiger partial charge in [-0.3, -0.25) is 4.90 Å². The SMILES string of the molecule is CN1C[C@]2(CCN(Cc3cnc(-c4cccs4)nc3)C2)OC1=O. The highest BCUT2D eigenvalue weighted by Crippen LogP contribution is 2.32. The van der Waals surface area contributed by atoms with Gasteiger partial charge in [-0.15, -0.1) is 11.3 Å². The van der Waals surface area contributed by atoms with Crippen LogP contribution in [0.2, 0.25) is 0 Å². The van der Waals surface area contributed by atoms with E-state index in [1.807, 2.05) is 29.9 Å². The highest BCUT2D eigenvalue weighted by atomic mass is 32.1. The summed E-state index contributed by atoms with van der Waals surface area (Å²) in [5.74, 6) is 0.771. The van der Waals surface area contributed by atoms with Crippen LogP contribution >= 0.6 is 11.3 Å². The van der Waals surface area contributed by atoms with Gasteiger partial charge in [-0.1, -0.05) is 6.07 Å². The summed E-state index contributed by atoms with van der Waals surface area (Å²) >= 11 is 1.64. The molecule has 2 aromatic heterocycles. The molecule has 4 rings (SSSR count). The van der Waals surface area contributed by atoms with E-state index in [0.29, 0.717) is 6.54 Å². The van der Waals surface area contributed by atoms with Gasteiger partial charge in [0.1, 0.15) is 5.60 Å². The molecule has 1 spiro atoms. The van der Waals surface area contributed by atoms with E-state index in [2.05, 4.69) is 14.9 Å². The number of hydrogen-bond acceptors (Lipinski definition) is 6. The minimum absolute atomic E-state index is 0.213. The number of carbonyl (C=O) groups excluding carboxylic acids is 1. The van der Waals surface area contributed by atoms with Crippen LogP contribution in [0.5, 0.6) is 0 Å². The Morgan fingerprint density at radius 2 is 2.17 bits per heavy atom. The molecule has 0 aliphatic carbocycles. The molecule has 4 heterocycles. The maximum Gasteiger partial charge on any atom is 0.410 e. The van der Waals surface area contributed by atoms with Crippen molar-refractivity contribution in [3.63, 3.8) is 0 Å². The van der Waals surface area contributed by atoms with Crippen molar-refractivity contribution in [1.29, 1.82) is 0 Å². The molecule has 0 aromatic carbocycles. The summed E-state index contributed by atoms with van der Waals surface area (Å²) in [6.07, 6.45) is 4.45. The maximum absolute atomic E-state index is 11.6. The zero-order chi connectivity index (χ0) is 15.9. The van der Waals surface area contributed by atoms with Crippen LogP contribution < -0.4 is 0 Å². The van der Waals surface area contributed by atoms with Crippen LogP contribution in [0.4, 0.5) is 4.79 Å². The lowest BCUT2D eigenvalue weighted by Crippen LogP contribution is -2.37. The van der Waals surface area contributed by atoms with E-state index in [0.717, 1.165) is 42.3 Å². The van der Waals surface area contributed by atoms with Gasteiger partial charge in [0, 0.05) is 51.1 Å². The predicted molar refractivity (Wildman–Crippen MR) is 87.1 cm³/mol. The number of thiophene rings is 1. The molecule has 120 valence electrons. The number of likely N-dealkylation sites (N-methyl/N-ethyl adjacent to an activating group) is 1. The molecule has 7 heteroatoms. The lowest BCUT2D eigenvalue weighted by atomic mass is 10.0. The van der Waals surface area contributed by atoms with Crippen LogP contribution in [0.3, 0.4) is 0 Å². The molecule has 2 fully saturated rings. The Bertz CT molecular complexity index is 703. The number of likely N-dealkylation sites (tertiary alicyclic amines) is 1. The molecule has 1 atom stereocenters. The van der Waals surface area contributed by atoms with Crippen LogP contribution in [-0.4, -0.2) is 58.1 Å². The van der Waals surface area contributed by atoms with E-state index in [1.165, 1.54) is 0 Å². The standard InChI is InChI=1S/C16H18N4O2S/c1-19-10-16(22-15(19)21)4-5-20(11-16)9-12-7-17-14(18-8-12)13-3-2-6-23-13/h2-3,6-8H,4-5,9-11H2,1H3/t16-/m0/s1. The van der Waals surface area contributed by atoms with E-state index >= 15 is 0 Å². The highest BCUT2D eigenvalue weighted by molar-refractivity contribution is 7.13. The van der Waals surface area contributed by atoms with Crippen molar-refractivity contribution in [2.75, 3.05) is 26.7 Å². The van der Waals surface area contributed by atoms with E-state index in [9.17, 15) is 4.79 Å². The second-order valence-corrected chi connectivity index (χ2v) is 7.21. The van der Waals surface area contributed by atoms with Gasteiger partial charge in [-0.05, 0) is 11.4 Å². The van der Waals surface area contributed by atoms with Crippen LogP contribution in [0.25, 0.3) is 10.7 Å². The Kier molecular flexibility index (Phi) is 3.54. The molecule has 2 aliphatic rings. The number of nitrogens with zero attached hydrogens (tertiary/aromatic N) is 4. The van der Waals surface area contributed by atoms with Crippen LogP contribution in [0.15, 0.2) is 29.9 Å². The van der Waals surface area contributed by atoms with Gasteiger partial charge in [0.05, 0.1) is 11.4 Å². The minimum atomic E-state index is -0.330. The summed E-state index contributed by atoms with van der Waals surface area (Å²) in [4.78, 5) is 25.6. The molecule has 0 N–H and O–H groups in total. The Labute approximate surface area is 138 Å². The maximum atomic E-state index is 11.6. The van der Waals surface area contributed by atoms with E-state index in [-0.39, 0.29) is 11.7 Å². The zero-order valence-electron chi connectivity index (χ0n) is 12.9. The molecule has 0 bridgehead atoms. The average Bonchev–Trinajstić information content (AvgIpc) is 3.24. The fourth-order valence-corrected chi connectivity index (χ4v) is 3.97. The van der Waals surface area contributed by atoms with Crippen molar-refractivity contribution in [3.05, 3.63) is 35.5 Å². The molecule has 23 heavy (non-hydrogen) atoms. The van der Waals surface area contributed by atoms with Crippen molar-refractivity contribution in [3.8, 4) is 10.7 Å². The van der Waals surface area contributed by atoms with Crippen molar-refractivity contribution in [1.82, 2.24) is 19.8 Å². The summed E-state index contributed by atoms with van der Waals surface area (Å²) in [7, 11) is 1.79. The number of rotatable bonds is 3. The minimum Gasteiger partial charge on any atom is -0.439 e. The first kappa shape index (κ1) is 14.6. The Balaban J connectivity index is 1.41. The third-order valence-electron chi connectivity index (χ3n) is 4.39. The van der Waals surface area contributed by atoms with E-state index in [1.54, 1.807) is 23.3 Å². The topological polar surface area (TPSA) is 58.6 Å². The van der Waals surface area contributed by atoms with Gasteiger partial charge < -0.3 is 9.64 Å². The number of amides is 1. The average molecular weight is 330 g/mol. The second-order valence-electron chi connectivity index (χ2n) is 6.26. The predicted octanol–water partition coefficient (Wildman–Crippen LogP) is 2.23. The molecule has 0 saturated carbocycles. The Morgan fingerprint density at radius 3 is 2.83 bits per heavy atom. The molecule has 2 saturated heterocycles. The van der Waals surface area contributed by atoms with Gasteiger partial charge in [0.15, 0.2) is 5.82 Å². The quantitative estimate of drug-likeness (QED) is 0.864. The third-order valence-corrected chi connectivity index (χ3v) is 5.26. The first-order valence-corrected chi connectivity index (χ1v) is 8.53. The fourth-order valence-electron chi connectivity index (χ4n) is 3.29. The van der Waals surface area contributed by atoms with Gasteiger partial charge >= 0.3 is 6.09 Å².